The standard InChI is InChI=1S/C19H27ClO2/c20-17-11-18(14-21-13-15-7-3-1-4-8-15)22-19(12-17)16-9-5-2-6-10-16/h1,3-4,7-8,16-19H,2,5-6,9-14H2/t17-,18-,19+/m0/s1. The zero-order chi connectivity index (χ0) is 15.2. The monoisotopic (exact) mass is 322 g/mol. The number of halogens is 1. The van der Waals surface area contributed by atoms with Crippen LogP contribution in [0.5, 0.6) is 0 Å². The van der Waals surface area contributed by atoms with Gasteiger partial charge >= 0.3 is 0 Å². The van der Waals surface area contributed by atoms with Crippen LogP contribution in [0.3, 0.4) is 0 Å². The van der Waals surface area contributed by atoms with Crippen LogP contribution in [-0.2, 0) is 16.1 Å². The van der Waals surface area contributed by atoms with Crippen molar-refractivity contribution in [2.24, 2.45) is 5.92 Å². The van der Waals surface area contributed by atoms with Crippen molar-refractivity contribution in [2.75, 3.05) is 6.61 Å². The van der Waals surface area contributed by atoms with Crippen LogP contribution < -0.4 is 0 Å². The van der Waals surface area contributed by atoms with E-state index in [0.717, 1.165) is 12.8 Å². The quantitative estimate of drug-likeness (QED) is 0.715. The summed E-state index contributed by atoms with van der Waals surface area (Å²) in [5.41, 5.74) is 1.21. The van der Waals surface area contributed by atoms with Gasteiger partial charge in [-0.3, -0.25) is 0 Å². The Hall–Kier alpha value is -0.570. The molecule has 0 aromatic heterocycles. The fraction of sp³-hybridized carbons (Fsp3) is 0.684. The summed E-state index contributed by atoms with van der Waals surface area (Å²) in [5, 5.41) is 0.242. The first-order valence-electron chi connectivity index (χ1n) is 8.72. The molecule has 0 bridgehead atoms. The minimum atomic E-state index is 0.159. The van der Waals surface area contributed by atoms with Gasteiger partial charge in [-0.2, -0.15) is 0 Å². The van der Waals surface area contributed by atoms with E-state index >= 15 is 0 Å². The van der Waals surface area contributed by atoms with Crippen LogP contribution in [0.1, 0.15) is 50.5 Å². The molecule has 0 radical (unpaired) electrons. The van der Waals surface area contributed by atoms with E-state index in [1.54, 1.807) is 0 Å². The Morgan fingerprint density at radius 1 is 1.05 bits per heavy atom. The maximum Gasteiger partial charge on any atom is 0.0826 e. The first kappa shape index (κ1) is 16.3. The van der Waals surface area contributed by atoms with Gasteiger partial charge in [0.2, 0.25) is 0 Å². The highest BCUT2D eigenvalue weighted by atomic mass is 35.5. The molecule has 1 saturated carbocycles. The van der Waals surface area contributed by atoms with Crippen LogP contribution in [0.15, 0.2) is 30.3 Å². The molecule has 122 valence electrons. The molecular formula is C19H27ClO2. The van der Waals surface area contributed by atoms with Gasteiger partial charge in [0.25, 0.3) is 0 Å². The molecule has 22 heavy (non-hydrogen) atoms. The number of benzene rings is 1. The van der Waals surface area contributed by atoms with Gasteiger partial charge in [-0.25, -0.2) is 0 Å². The van der Waals surface area contributed by atoms with Gasteiger partial charge in [0, 0.05) is 5.38 Å². The predicted molar refractivity (Wildman–Crippen MR) is 90.2 cm³/mol. The topological polar surface area (TPSA) is 18.5 Å². The van der Waals surface area contributed by atoms with Gasteiger partial charge in [-0.15, -0.1) is 11.6 Å². The molecule has 0 amide bonds. The van der Waals surface area contributed by atoms with Crippen LogP contribution in [0.2, 0.25) is 0 Å². The van der Waals surface area contributed by atoms with Crippen LogP contribution >= 0.6 is 11.6 Å². The van der Waals surface area contributed by atoms with Gasteiger partial charge in [-0.1, -0.05) is 49.6 Å². The van der Waals surface area contributed by atoms with E-state index in [4.69, 9.17) is 21.1 Å². The van der Waals surface area contributed by atoms with Gasteiger partial charge in [0.1, 0.15) is 0 Å². The minimum absolute atomic E-state index is 0.159. The second-order valence-corrected chi connectivity index (χ2v) is 7.38. The number of hydrogen-bond donors (Lipinski definition) is 0. The van der Waals surface area contributed by atoms with Crippen molar-refractivity contribution in [1.29, 1.82) is 0 Å². The third kappa shape index (κ3) is 4.71. The summed E-state index contributed by atoms with van der Waals surface area (Å²) < 4.78 is 12.2. The number of rotatable bonds is 5. The third-order valence-corrected chi connectivity index (χ3v) is 5.32. The Kier molecular flexibility index (Phi) is 6.17. The van der Waals surface area contributed by atoms with Crippen molar-refractivity contribution >= 4 is 11.6 Å². The molecule has 1 aromatic rings. The van der Waals surface area contributed by atoms with Crippen molar-refractivity contribution < 1.29 is 9.47 Å². The van der Waals surface area contributed by atoms with E-state index in [9.17, 15) is 0 Å². The van der Waals surface area contributed by atoms with Crippen LogP contribution in [-0.4, -0.2) is 24.2 Å². The average molecular weight is 323 g/mol. The first-order valence-corrected chi connectivity index (χ1v) is 9.16. The maximum atomic E-state index is 6.49. The normalized spacial score (nSPS) is 30.3. The van der Waals surface area contributed by atoms with E-state index in [1.807, 2.05) is 18.2 Å². The summed E-state index contributed by atoms with van der Waals surface area (Å²) in [7, 11) is 0. The Labute approximate surface area is 139 Å². The molecule has 1 heterocycles. The van der Waals surface area contributed by atoms with Crippen LogP contribution in [0.25, 0.3) is 0 Å². The van der Waals surface area contributed by atoms with Gasteiger partial charge in [-0.05, 0) is 37.2 Å². The molecule has 0 unspecified atom stereocenters. The molecule has 2 aliphatic rings. The van der Waals surface area contributed by atoms with Crippen LogP contribution in [0, 0.1) is 5.92 Å². The summed E-state index contributed by atoms with van der Waals surface area (Å²) in [6, 6.07) is 10.3. The fourth-order valence-corrected chi connectivity index (χ4v) is 4.17. The van der Waals surface area contributed by atoms with Crippen molar-refractivity contribution in [3.8, 4) is 0 Å². The highest BCUT2D eigenvalue weighted by molar-refractivity contribution is 6.20. The molecule has 1 aromatic carbocycles. The number of ether oxygens (including phenoxy) is 2. The van der Waals surface area contributed by atoms with E-state index in [0.29, 0.717) is 25.2 Å². The summed E-state index contributed by atoms with van der Waals surface area (Å²) in [5.74, 6) is 0.715. The molecule has 2 fully saturated rings. The summed E-state index contributed by atoms with van der Waals surface area (Å²) in [4.78, 5) is 0. The Bertz CT molecular complexity index is 430. The molecule has 1 aliphatic carbocycles. The lowest BCUT2D eigenvalue weighted by atomic mass is 9.82. The largest absolute Gasteiger partial charge is 0.374 e. The SMILES string of the molecule is Cl[C@H]1C[C@@H](COCc2ccccc2)O[C@@H](C2CCCCC2)C1. The second-order valence-electron chi connectivity index (χ2n) is 6.76. The van der Waals surface area contributed by atoms with Gasteiger partial charge < -0.3 is 9.47 Å². The van der Waals surface area contributed by atoms with Crippen molar-refractivity contribution in [3.63, 3.8) is 0 Å². The van der Waals surface area contributed by atoms with Gasteiger partial charge in [0.15, 0.2) is 0 Å². The van der Waals surface area contributed by atoms with Crippen molar-refractivity contribution in [2.45, 2.75) is 69.1 Å². The van der Waals surface area contributed by atoms with Crippen molar-refractivity contribution in [3.05, 3.63) is 35.9 Å². The Morgan fingerprint density at radius 3 is 2.59 bits per heavy atom. The lowest BCUT2D eigenvalue weighted by Crippen LogP contribution is -2.40. The lowest BCUT2D eigenvalue weighted by molar-refractivity contribution is -0.112. The van der Waals surface area contributed by atoms with E-state index < -0.39 is 0 Å². The molecule has 3 heteroatoms. The summed E-state index contributed by atoms with van der Waals surface area (Å²) in [6.45, 7) is 1.31. The average Bonchev–Trinajstić information content (AvgIpc) is 2.56. The van der Waals surface area contributed by atoms with Crippen molar-refractivity contribution in [1.82, 2.24) is 0 Å². The highest BCUT2D eigenvalue weighted by Gasteiger charge is 2.34. The van der Waals surface area contributed by atoms with Crippen LogP contribution in [0.4, 0.5) is 0 Å². The molecule has 2 nitrogen and oxygen atoms in total. The number of hydrogen-bond acceptors (Lipinski definition) is 2. The highest BCUT2D eigenvalue weighted by Crippen LogP contribution is 2.35. The lowest BCUT2D eigenvalue weighted by Gasteiger charge is -2.38. The Morgan fingerprint density at radius 2 is 1.82 bits per heavy atom. The molecule has 0 spiro atoms. The summed E-state index contributed by atoms with van der Waals surface area (Å²) in [6.07, 6.45) is 9.16. The molecule has 0 N–H and O–H groups in total. The van der Waals surface area contributed by atoms with E-state index in [2.05, 4.69) is 12.1 Å². The second kappa shape index (κ2) is 8.33. The summed E-state index contributed by atoms with van der Waals surface area (Å²) >= 11 is 6.49. The minimum Gasteiger partial charge on any atom is -0.374 e. The van der Waals surface area contributed by atoms with E-state index in [-0.39, 0.29) is 11.5 Å². The zero-order valence-electron chi connectivity index (χ0n) is 13.3. The smallest absolute Gasteiger partial charge is 0.0826 e. The number of alkyl halides is 1. The predicted octanol–water partition coefficient (Wildman–Crippen LogP) is 4.94. The molecule has 3 atom stereocenters. The zero-order valence-corrected chi connectivity index (χ0v) is 14.0. The molecular weight excluding hydrogens is 296 g/mol. The third-order valence-electron chi connectivity index (χ3n) is 4.96. The molecule has 1 saturated heterocycles. The maximum absolute atomic E-state index is 6.49. The first-order chi connectivity index (χ1) is 10.8. The Balaban J connectivity index is 1.46. The molecule has 3 rings (SSSR count). The molecule has 1 aliphatic heterocycles. The van der Waals surface area contributed by atoms with Gasteiger partial charge in [0.05, 0.1) is 25.4 Å². The fourth-order valence-electron chi connectivity index (χ4n) is 3.79. The van der Waals surface area contributed by atoms with E-state index in [1.165, 1.54) is 37.7 Å².